The zero-order valence-corrected chi connectivity index (χ0v) is 17.6. The Balaban J connectivity index is 1.69. The predicted molar refractivity (Wildman–Crippen MR) is 95.5 cm³/mol. The third-order valence-corrected chi connectivity index (χ3v) is 7.62. The van der Waals surface area contributed by atoms with E-state index >= 15 is 0 Å². The third kappa shape index (κ3) is 5.71. The molecular weight excluding hydrogens is 491 g/mol. The Bertz CT molecular complexity index is 1100. The van der Waals surface area contributed by atoms with Crippen LogP contribution in [-0.2, 0) is 31.6 Å². The van der Waals surface area contributed by atoms with Crippen LogP contribution in [-0.4, -0.2) is 74.2 Å². The number of phosphoric ester groups is 1. The minimum Gasteiger partial charge on any atom is -0.387 e. The molecule has 1 fully saturated rings. The Morgan fingerprint density at radius 3 is 2.35 bits per heavy atom. The number of nitrogens with zero attached hydrogens (tertiary/aromatic N) is 4. The molecule has 8 N–H and O–H groups in total. The van der Waals surface area contributed by atoms with E-state index in [1.807, 2.05) is 0 Å². The number of hydrogen-bond donors (Lipinski definition) is 7. The van der Waals surface area contributed by atoms with Crippen molar-refractivity contribution in [1.82, 2.24) is 19.5 Å². The number of aromatic nitrogens is 4. The number of rotatable bonds is 8. The summed E-state index contributed by atoms with van der Waals surface area (Å²) in [5.74, 6) is 0.0426. The van der Waals surface area contributed by atoms with Gasteiger partial charge in [-0.15, -0.1) is 0 Å². The molecule has 2 aromatic rings. The van der Waals surface area contributed by atoms with E-state index in [-0.39, 0.29) is 17.0 Å². The van der Waals surface area contributed by atoms with Crippen molar-refractivity contribution in [2.75, 3.05) is 12.3 Å². The molecule has 3 heterocycles. The lowest BCUT2D eigenvalue weighted by atomic mass is 10.1. The van der Waals surface area contributed by atoms with Crippen molar-refractivity contribution in [2.45, 2.75) is 24.5 Å². The summed E-state index contributed by atoms with van der Waals surface area (Å²) in [6.45, 7) is -0.956. The second kappa shape index (κ2) is 8.53. The maximum atomic E-state index is 11.8. The number of hydrogen-bond acceptors (Lipinski definition) is 13. The predicted octanol–water partition coefficient (Wildman–Crippen LogP) is -1.63. The number of ether oxygens (including phenoxy) is 1. The maximum absolute atomic E-state index is 11.8. The Morgan fingerprint density at radius 2 is 1.71 bits per heavy atom. The van der Waals surface area contributed by atoms with E-state index in [9.17, 15) is 28.8 Å². The molecule has 5 unspecified atom stereocenters. The molecule has 0 saturated carbocycles. The summed E-state index contributed by atoms with van der Waals surface area (Å²) in [4.78, 5) is 47.2. The van der Waals surface area contributed by atoms with Gasteiger partial charge in [-0.2, -0.15) is 8.62 Å². The minimum absolute atomic E-state index is 0.0426. The van der Waals surface area contributed by atoms with Crippen molar-refractivity contribution < 1.29 is 61.4 Å². The molecule has 31 heavy (non-hydrogen) atoms. The van der Waals surface area contributed by atoms with Gasteiger partial charge >= 0.3 is 23.5 Å². The first-order chi connectivity index (χ1) is 14.2. The number of phosphoric acid groups is 3. The topological polar surface area (TPSA) is 279 Å². The lowest BCUT2D eigenvalue weighted by molar-refractivity contribution is -0.0503. The number of anilines is 1. The van der Waals surface area contributed by atoms with Crippen LogP contribution in [0.2, 0.25) is 0 Å². The number of nitrogens with two attached hydrogens (primary N) is 1. The Hall–Kier alpha value is -1.36. The maximum Gasteiger partial charge on any atom is 0.490 e. The van der Waals surface area contributed by atoms with Gasteiger partial charge in [0.05, 0.1) is 12.9 Å². The first kappa shape index (κ1) is 24.3. The summed E-state index contributed by atoms with van der Waals surface area (Å²) >= 11 is 0. The Labute approximate surface area is 171 Å². The van der Waals surface area contributed by atoms with Crippen molar-refractivity contribution >= 4 is 40.4 Å². The molecule has 0 aliphatic carbocycles. The minimum atomic E-state index is -5.70. The highest BCUT2D eigenvalue weighted by atomic mass is 31.3. The molecule has 6 atom stereocenters. The van der Waals surface area contributed by atoms with E-state index in [1.165, 1.54) is 10.9 Å². The van der Waals surface area contributed by atoms with Crippen molar-refractivity contribution in [3.8, 4) is 0 Å². The molecule has 0 amide bonds. The molecule has 21 heteroatoms. The fourth-order valence-corrected chi connectivity index (χ4v) is 5.65. The van der Waals surface area contributed by atoms with Gasteiger partial charge in [0.15, 0.2) is 17.7 Å². The zero-order valence-electron chi connectivity index (χ0n) is 14.9. The van der Waals surface area contributed by atoms with E-state index < -0.39 is 54.6 Å². The average Bonchev–Trinajstić information content (AvgIpc) is 3.13. The smallest absolute Gasteiger partial charge is 0.387 e. The first-order valence-electron chi connectivity index (χ1n) is 7.92. The second-order valence-corrected chi connectivity index (χ2v) is 10.4. The van der Waals surface area contributed by atoms with Crippen LogP contribution in [0.1, 0.15) is 6.23 Å². The number of imidazole rings is 1. The molecule has 3 rings (SSSR count). The first-order valence-corrected chi connectivity index (χ1v) is 12.4. The highest BCUT2D eigenvalue weighted by Crippen LogP contribution is 2.66. The lowest BCUT2D eigenvalue weighted by Crippen LogP contribution is -2.33. The van der Waals surface area contributed by atoms with Crippen molar-refractivity contribution in [2.24, 2.45) is 0 Å². The van der Waals surface area contributed by atoms with Crippen LogP contribution >= 0.6 is 23.5 Å². The van der Waals surface area contributed by atoms with Gasteiger partial charge in [-0.1, -0.05) is 0 Å². The van der Waals surface area contributed by atoms with Gasteiger partial charge in [0, 0.05) is 0 Å². The molecule has 1 aliphatic rings. The van der Waals surface area contributed by atoms with Crippen molar-refractivity contribution in [3.63, 3.8) is 0 Å². The fourth-order valence-electron chi connectivity index (χ4n) is 2.62. The molecule has 18 nitrogen and oxygen atoms in total. The number of aliphatic hydroxyl groups is 2. The highest BCUT2D eigenvalue weighted by Gasteiger charge is 2.47. The van der Waals surface area contributed by atoms with Crippen molar-refractivity contribution in [3.05, 3.63) is 12.7 Å². The summed E-state index contributed by atoms with van der Waals surface area (Å²) in [5, 5.41) is 20.4. The standard InChI is InChI=1S/C10H16N5O13P3/c11-8-5-9(13-2-12-8)15(3-14-5)10-7(17)6(16)4(26-10)1-25-30(21,22)28-31(23,24)27-29(18,19)20/h2-4,6-7,10,16-17H,1H2,(H,21,22)(H,23,24)(H2,11,12,13)(H2,18,19,20)/t4-,6?,7?,10?/m1/s1. The van der Waals surface area contributed by atoms with Crippen LogP contribution in [0.5, 0.6) is 0 Å². The summed E-state index contributed by atoms with van der Waals surface area (Å²) in [5.41, 5.74) is 6.00. The molecule has 1 aliphatic heterocycles. The quantitative estimate of drug-likeness (QED) is 0.197. The molecule has 2 aromatic heterocycles. The summed E-state index contributed by atoms with van der Waals surface area (Å²) < 4.78 is 51.9. The van der Waals surface area contributed by atoms with Gasteiger partial charge in [-0.25, -0.2) is 28.6 Å². The molecule has 1 saturated heterocycles. The highest BCUT2D eigenvalue weighted by molar-refractivity contribution is 7.66. The summed E-state index contributed by atoms with van der Waals surface area (Å²) in [7, 11) is -16.7. The van der Waals surface area contributed by atoms with Crippen LogP contribution in [0.15, 0.2) is 12.7 Å². The molecule has 0 aromatic carbocycles. The van der Waals surface area contributed by atoms with Gasteiger partial charge in [0.25, 0.3) is 0 Å². The molecule has 0 spiro atoms. The van der Waals surface area contributed by atoms with E-state index in [4.69, 9.17) is 25.2 Å². The Morgan fingerprint density at radius 1 is 1.03 bits per heavy atom. The average molecular weight is 507 g/mol. The van der Waals surface area contributed by atoms with Crippen LogP contribution in [0.3, 0.4) is 0 Å². The van der Waals surface area contributed by atoms with Crippen LogP contribution < -0.4 is 5.73 Å². The zero-order chi connectivity index (χ0) is 23.2. The lowest BCUT2D eigenvalue weighted by Gasteiger charge is -2.19. The third-order valence-electron chi connectivity index (χ3n) is 3.82. The fraction of sp³-hybridized carbons (Fsp3) is 0.500. The van der Waals surface area contributed by atoms with Gasteiger partial charge in [0.1, 0.15) is 30.2 Å². The SMILES string of the molecule is Nc1ncnc2c1ncn2C1O[C@H](COP(=O)(O)OP(=O)(O)OP(=O)(O)O)C(O)C1O. The summed E-state index contributed by atoms with van der Waals surface area (Å²) in [6, 6.07) is 0. The largest absolute Gasteiger partial charge is 0.490 e. The van der Waals surface area contributed by atoms with Crippen LogP contribution in [0.4, 0.5) is 5.82 Å². The number of nitrogen functional groups attached to an aromatic ring is 1. The van der Waals surface area contributed by atoms with Gasteiger partial charge in [-0.3, -0.25) is 9.09 Å². The number of fused-ring (bicyclic) bond motifs is 1. The second-order valence-electron chi connectivity index (χ2n) is 6.02. The normalized spacial score (nSPS) is 28.5. The van der Waals surface area contributed by atoms with E-state index in [0.717, 1.165) is 6.33 Å². The van der Waals surface area contributed by atoms with Gasteiger partial charge < -0.3 is 40.3 Å². The van der Waals surface area contributed by atoms with E-state index in [0.29, 0.717) is 0 Å². The summed E-state index contributed by atoms with van der Waals surface area (Å²) in [6.07, 6.45) is -3.69. The number of aliphatic hydroxyl groups excluding tert-OH is 2. The monoisotopic (exact) mass is 507 g/mol. The van der Waals surface area contributed by atoms with Gasteiger partial charge in [0.2, 0.25) is 0 Å². The van der Waals surface area contributed by atoms with Crippen molar-refractivity contribution in [1.29, 1.82) is 0 Å². The molecular formula is C10H16N5O13P3. The van der Waals surface area contributed by atoms with E-state index in [1.54, 1.807) is 0 Å². The molecule has 0 radical (unpaired) electrons. The molecule has 174 valence electrons. The Kier molecular flexibility index (Phi) is 6.68. The van der Waals surface area contributed by atoms with E-state index in [2.05, 4.69) is 28.1 Å². The molecule has 0 bridgehead atoms. The van der Waals surface area contributed by atoms with Gasteiger partial charge in [-0.05, 0) is 0 Å². The van der Waals surface area contributed by atoms with Crippen LogP contribution in [0, 0.1) is 0 Å². The van der Waals surface area contributed by atoms with Crippen LogP contribution in [0.25, 0.3) is 11.2 Å².